The summed E-state index contributed by atoms with van der Waals surface area (Å²) in [5.41, 5.74) is 1.39. The number of hydrogen-bond donors (Lipinski definition) is 0. The van der Waals surface area contributed by atoms with Gasteiger partial charge < -0.3 is 9.47 Å². The third-order valence-electron chi connectivity index (χ3n) is 2.94. The molecular formula is C12H15O2S+. The Labute approximate surface area is 92.9 Å². The summed E-state index contributed by atoms with van der Waals surface area (Å²) in [7, 11) is 0.419. The van der Waals surface area contributed by atoms with Gasteiger partial charge in [0.1, 0.15) is 17.3 Å². The molecule has 0 N–H and O–H groups in total. The quantitative estimate of drug-likeness (QED) is 0.674. The Balaban J connectivity index is 1.85. The van der Waals surface area contributed by atoms with Gasteiger partial charge in [0.2, 0.25) is 0 Å². The van der Waals surface area contributed by atoms with Crippen LogP contribution in [-0.4, -0.2) is 31.3 Å². The number of hydrogen-bond acceptors (Lipinski definition) is 2. The van der Waals surface area contributed by atoms with E-state index in [4.69, 9.17) is 9.47 Å². The molecule has 0 saturated carbocycles. The average Bonchev–Trinajstić information content (AvgIpc) is 2.77. The number of benzene rings is 1. The number of rotatable bonds is 1. The Hall–Kier alpha value is -0.670. The van der Waals surface area contributed by atoms with E-state index < -0.39 is 0 Å². The van der Waals surface area contributed by atoms with Crippen molar-refractivity contribution in [3.8, 4) is 5.75 Å². The zero-order chi connectivity index (χ0) is 10.1. The van der Waals surface area contributed by atoms with Crippen LogP contribution in [0.25, 0.3) is 0 Å². The molecule has 0 spiro atoms. The predicted octanol–water partition coefficient (Wildman–Crippen LogP) is 1.63. The first-order valence-corrected chi connectivity index (χ1v) is 7.01. The molecule has 3 heteroatoms. The summed E-state index contributed by atoms with van der Waals surface area (Å²) in [4.78, 5) is 1.50. The second kappa shape index (κ2) is 4.06. The molecule has 1 aromatic carbocycles. The topological polar surface area (TPSA) is 18.5 Å². The number of ether oxygens (including phenoxy) is 2. The van der Waals surface area contributed by atoms with E-state index in [2.05, 4.69) is 18.2 Å². The summed E-state index contributed by atoms with van der Waals surface area (Å²) in [6, 6.07) is 6.72. The van der Waals surface area contributed by atoms with E-state index in [-0.39, 0.29) is 0 Å². The van der Waals surface area contributed by atoms with Gasteiger partial charge in [0.25, 0.3) is 0 Å². The van der Waals surface area contributed by atoms with Crippen LogP contribution in [0.2, 0.25) is 0 Å². The van der Waals surface area contributed by atoms with E-state index in [1.165, 1.54) is 22.0 Å². The van der Waals surface area contributed by atoms with Gasteiger partial charge in [-0.1, -0.05) is 0 Å². The van der Waals surface area contributed by atoms with Crippen molar-refractivity contribution in [2.24, 2.45) is 0 Å². The second-order valence-corrected chi connectivity index (χ2v) is 6.15. The molecule has 0 radical (unpaired) electrons. The van der Waals surface area contributed by atoms with Crippen LogP contribution < -0.4 is 4.74 Å². The van der Waals surface area contributed by atoms with Gasteiger partial charge in [0.05, 0.1) is 19.8 Å². The molecule has 2 heterocycles. The lowest BCUT2D eigenvalue weighted by Crippen LogP contribution is -2.26. The highest BCUT2D eigenvalue weighted by molar-refractivity contribution is 7.97. The zero-order valence-electron chi connectivity index (χ0n) is 8.70. The maximum absolute atomic E-state index is 5.52. The molecule has 0 aliphatic carbocycles. The first-order chi connectivity index (χ1) is 7.43. The van der Waals surface area contributed by atoms with Gasteiger partial charge in [-0.05, 0) is 12.1 Å². The van der Waals surface area contributed by atoms with E-state index >= 15 is 0 Å². The molecule has 2 aliphatic rings. The molecule has 0 unspecified atom stereocenters. The van der Waals surface area contributed by atoms with Crippen molar-refractivity contribution in [3.05, 3.63) is 23.8 Å². The van der Waals surface area contributed by atoms with Gasteiger partial charge in [-0.2, -0.15) is 0 Å². The summed E-state index contributed by atoms with van der Waals surface area (Å²) in [5.74, 6) is 3.48. The lowest BCUT2D eigenvalue weighted by atomic mass is 10.2. The zero-order valence-corrected chi connectivity index (χ0v) is 9.52. The van der Waals surface area contributed by atoms with Crippen molar-refractivity contribution in [2.45, 2.75) is 11.3 Å². The van der Waals surface area contributed by atoms with Crippen molar-refractivity contribution in [1.82, 2.24) is 0 Å². The van der Waals surface area contributed by atoms with Gasteiger partial charge in [-0.3, -0.25) is 0 Å². The van der Waals surface area contributed by atoms with Gasteiger partial charge in [-0.15, -0.1) is 0 Å². The van der Waals surface area contributed by atoms with Gasteiger partial charge in [0.15, 0.2) is 4.90 Å². The van der Waals surface area contributed by atoms with Crippen LogP contribution in [-0.2, 0) is 22.1 Å². The lowest BCUT2D eigenvalue weighted by molar-refractivity contribution is 0.159. The fourth-order valence-corrected chi connectivity index (χ4v) is 3.98. The molecule has 1 fully saturated rings. The monoisotopic (exact) mass is 223 g/mol. The van der Waals surface area contributed by atoms with E-state index in [0.29, 0.717) is 10.9 Å². The summed E-state index contributed by atoms with van der Waals surface area (Å²) in [6.07, 6.45) is 1.08. The van der Waals surface area contributed by atoms with Crippen LogP contribution in [0, 0.1) is 0 Å². The van der Waals surface area contributed by atoms with E-state index in [1.54, 1.807) is 0 Å². The van der Waals surface area contributed by atoms with E-state index in [9.17, 15) is 0 Å². The average molecular weight is 223 g/mol. The lowest BCUT2D eigenvalue weighted by Gasteiger charge is -2.14. The molecule has 0 atom stereocenters. The third-order valence-corrected chi connectivity index (χ3v) is 5.18. The highest BCUT2D eigenvalue weighted by Crippen LogP contribution is 2.29. The molecule has 2 aliphatic heterocycles. The van der Waals surface area contributed by atoms with Crippen molar-refractivity contribution in [3.63, 3.8) is 0 Å². The molecule has 1 saturated heterocycles. The maximum Gasteiger partial charge on any atom is 0.155 e. The highest BCUT2D eigenvalue weighted by atomic mass is 32.2. The predicted molar refractivity (Wildman–Crippen MR) is 61.8 cm³/mol. The summed E-state index contributed by atoms with van der Waals surface area (Å²) in [6.45, 7) is 2.71. The van der Waals surface area contributed by atoms with E-state index in [1.807, 2.05) is 0 Å². The largest absolute Gasteiger partial charge is 0.493 e. The van der Waals surface area contributed by atoms with Gasteiger partial charge in [0, 0.05) is 28.9 Å². The van der Waals surface area contributed by atoms with Gasteiger partial charge in [-0.25, -0.2) is 0 Å². The summed E-state index contributed by atoms with van der Waals surface area (Å²) < 4.78 is 10.9. The molecule has 0 aromatic heterocycles. The first-order valence-electron chi connectivity index (χ1n) is 5.44. The SMILES string of the molecule is c1cc2c(cc1[S+]1CCOCC1)CCO2. The van der Waals surface area contributed by atoms with Crippen molar-refractivity contribution < 1.29 is 9.47 Å². The minimum Gasteiger partial charge on any atom is -0.493 e. The van der Waals surface area contributed by atoms with Crippen LogP contribution >= 0.6 is 0 Å². The van der Waals surface area contributed by atoms with Gasteiger partial charge >= 0.3 is 0 Å². The smallest absolute Gasteiger partial charge is 0.155 e. The second-order valence-electron chi connectivity index (χ2n) is 3.88. The molecule has 0 bridgehead atoms. The van der Waals surface area contributed by atoms with Crippen LogP contribution in [0.3, 0.4) is 0 Å². The standard InChI is InChI=1S/C12H15O2S/c1-2-12-10(3-4-14-12)9-11(1)15-7-5-13-6-8-15/h1-2,9H,3-8H2/q+1. The maximum atomic E-state index is 5.52. The normalized spacial score (nSPS) is 21.1. The fourth-order valence-electron chi connectivity index (χ4n) is 2.10. The molecule has 0 amide bonds. The minimum absolute atomic E-state index is 0.419. The van der Waals surface area contributed by atoms with Crippen LogP contribution in [0.4, 0.5) is 0 Å². The Bertz CT molecular complexity index is 359. The molecule has 2 nitrogen and oxygen atoms in total. The fraction of sp³-hybridized carbons (Fsp3) is 0.500. The highest BCUT2D eigenvalue weighted by Gasteiger charge is 2.26. The van der Waals surface area contributed by atoms with Crippen molar-refractivity contribution in [2.75, 3.05) is 31.3 Å². The first kappa shape index (κ1) is 9.55. The summed E-state index contributed by atoms with van der Waals surface area (Å²) in [5, 5.41) is 0. The minimum atomic E-state index is 0.419. The Morgan fingerprint density at radius 1 is 1.07 bits per heavy atom. The Morgan fingerprint density at radius 2 is 1.93 bits per heavy atom. The Morgan fingerprint density at radius 3 is 2.80 bits per heavy atom. The van der Waals surface area contributed by atoms with Crippen LogP contribution in [0.5, 0.6) is 5.75 Å². The van der Waals surface area contributed by atoms with Crippen molar-refractivity contribution >= 4 is 10.9 Å². The van der Waals surface area contributed by atoms with Crippen LogP contribution in [0.15, 0.2) is 23.1 Å². The summed E-state index contributed by atoms with van der Waals surface area (Å²) >= 11 is 0. The van der Waals surface area contributed by atoms with Crippen LogP contribution in [0.1, 0.15) is 5.56 Å². The molecule has 1 aromatic rings. The molecule has 3 rings (SSSR count). The number of fused-ring (bicyclic) bond motifs is 1. The Kier molecular flexibility index (Phi) is 2.59. The van der Waals surface area contributed by atoms with Crippen molar-refractivity contribution in [1.29, 1.82) is 0 Å². The van der Waals surface area contributed by atoms with E-state index in [0.717, 1.165) is 32.0 Å². The molecule has 80 valence electrons. The third kappa shape index (κ3) is 1.86. The molecule has 15 heavy (non-hydrogen) atoms. The molecular weight excluding hydrogens is 208 g/mol.